The van der Waals surface area contributed by atoms with Crippen LogP contribution in [0.2, 0.25) is 0 Å². The van der Waals surface area contributed by atoms with Crippen LogP contribution in [0.25, 0.3) is 0 Å². The molecule has 0 atom stereocenters. The largest absolute Gasteiger partial charge is 0.457 e. The van der Waals surface area contributed by atoms with Gasteiger partial charge in [-0.25, -0.2) is 0 Å². The maximum Gasteiger partial charge on any atom is 0.127 e. The predicted octanol–water partition coefficient (Wildman–Crippen LogP) is 3.09. The molecule has 1 aliphatic rings. The van der Waals surface area contributed by atoms with Gasteiger partial charge in [-0.3, -0.25) is 0 Å². The molecule has 0 spiro atoms. The van der Waals surface area contributed by atoms with Crippen LogP contribution >= 0.6 is 0 Å². The van der Waals surface area contributed by atoms with E-state index in [-0.39, 0.29) is 0 Å². The molecule has 1 N–H and O–H groups in total. The summed E-state index contributed by atoms with van der Waals surface area (Å²) in [6.45, 7) is 3.83. The second kappa shape index (κ2) is 8.29. The third-order valence-corrected chi connectivity index (χ3v) is 2.57. The van der Waals surface area contributed by atoms with Gasteiger partial charge in [0.2, 0.25) is 0 Å². The molecular weight excluding hydrogens is 238 g/mol. The van der Waals surface area contributed by atoms with Gasteiger partial charge in [0.1, 0.15) is 11.5 Å². The van der Waals surface area contributed by atoms with E-state index in [2.05, 4.69) is 5.32 Å². The van der Waals surface area contributed by atoms with Gasteiger partial charge in [-0.15, -0.1) is 0 Å². The molecule has 19 heavy (non-hydrogen) atoms. The molecule has 3 nitrogen and oxygen atoms in total. The van der Waals surface area contributed by atoms with E-state index in [0.29, 0.717) is 0 Å². The van der Waals surface area contributed by atoms with Gasteiger partial charge in [0.25, 0.3) is 0 Å². The number of rotatable bonds is 2. The number of benzene rings is 2. The zero-order valence-electron chi connectivity index (χ0n) is 10.9. The van der Waals surface area contributed by atoms with Crippen molar-refractivity contribution in [3.63, 3.8) is 0 Å². The number of morpholine rings is 1. The highest BCUT2D eigenvalue weighted by atomic mass is 16.5. The SMILES string of the molecule is C1COCCN1.c1ccc(Oc2ccccc2)cc1. The summed E-state index contributed by atoms with van der Waals surface area (Å²) < 4.78 is 10.6. The molecule has 0 aromatic heterocycles. The number of nitrogens with one attached hydrogen (secondary N) is 1. The normalized spacial score (nSPS) is 14.1. The molecule has 3 rings (SSSR count). The topological polar surface area (TPSA) is 30.5 Å². The molecule has 1 fully saturated rings. The lowest BCUT2D eigenvalue weighted by Gasteiger charge is -2.10. The van der Waals surface area contributed by atoms with Crippen molar-refractivity contribution in [3.8, 4) is 11.5 Å². The second-order valence-corrected chi connectivity index (χ2v) is 4.09. The van der Waals surface area contributed by atoms with Crippen LogP contribution in [-0.4, -0.2) is 26.3 Å². The minimum Gasteiger partial charge on any atom is -0.457 e. The van der Waals surface area contributed by atoms with E-state index in [9.17, 15) is 0 Å². The van der Waals surface area contributed by atoms with Gasteiger partial charge in [-0.05, 0) is 24.3 Å². The fourth-order valence-electron chi connectivity index (χ4n) is 1.63. The van der Waals surface area contributed by atoms with Crippen molar-refractivity contribution in [2.45, 2.75) is 0 Å². The molecule has 0 unspecified atom stereocenters. The van der Waals surface area contributed by atoms with Gasteiger partial charge in [0.15, 0.2) is 0 Å². The lowest BCUT2D eigenvalue weighted by molar-refractivity contribution is 0.109. The first-order valence-electron chi connectivity index (χ1n) is 6.51. The molecule has 2 aromatic carbocycles. The summed E-state index contributed by atoms with van der Waals surface area (Å²) in [6.07, 6.45) is 0. The Morgan fingerprint density at radius 2 is 1.21 bits per heavy atom. The van der Waals surface area contributed by atoms with E-state index in [1.165, 1.54) is 0 Å². The lowest BCUT2D eigenvalue weighted by atomic mass is 10.3. The summed E-state index contributed by atoms with van der Waals surface area (Å²) in [5.74, 6) is 1.74. The van der Waals surface area contributed by atoms with Crippen molar-refractivity contribution < 1.29 is 9.47 Å². The first kappa shape index (κ1) is 13.6. The van der Waals surface area contributed by atoms with Gasteiger partial charge in [-0.2, -0.15) is 0 Å². The first-order chi connectivity index (χ1) is 9.45. The van der Waals surface area contributed by atoms with E-state index in [1.807, 2.05) is 60.7 Å². The Balaban J connectivity index is 0.000000186. The minimum atomic E-state index is 0.869. The Bertz CT molecular complexity index is 392. The Morgan fingerprint density at radius 3 is 1.53 bits per heavy atom. The summed E-state index contributed by atoms with van der Waals surface area (Å²) in [5, 5.41) is 3.16. The summed E-state index contributed by atoms with van der Waals surface area (Å²) in [5.41, 5.74) is 0. The fourth-order valence-corrected chi connectivity index (χ4v) is 1.63. The number of ether oxygens (including phenoxy) is 2. The van der Waals surface area contributed by atoms with Gasteiger partial charge < -0.3 is 14.8 Å². The maximum atomic E-state index is 5.58. The first-order valence-corrected chi connectivity index (χ1v) is 6.51. The molecule has 1 saturated heterocycles. The van der Waals surface area contributed by atoms with E-state index in [1.54, 1.807) is 0 Å². The summed E-state index contributed by atoms with van der Waals surface area (Å²) in [4.78, 5) is 0. The third-order valence-electron chi connectivity index (χ3n) is 2.57. The van der Waals surface area contributed by atoms with Gasteiger partial charge in [-0.1, -0.05) is 36.4 Å². The lowest BCUT2D eigenvalue weighted by Crippen LogP contribution is -2.30. The van der Waals surface area contributed by atoms with Crippen LogP contribution in [0.5, 0.6) is 11.5 Å². The highest BCUT2D eigenvalue weighted by Gasteiger charge is 1.93. The second-order valence-electron chi connectivity index (χ2n) is 4.09. The van der Waals surface area contributed by atoms with Crippen molar-refractivity contribution in [3.05, 3.63) is 60.7 Å². The Labute approximate surface area is 114 Å². The van der Waals surface area contributed by atoms with E-state index < -0.39 is 0 Å². The fraction of sp³-hybridized carbons (Fsp3) is 0.250. The standard InChI is InChI=1S/C12H10O.C4H9NO/c1-3-7-11(8-4-1)13-12-9-5-2-6-10-12;1-3-6-4-2-5-1/h1-10H;5H,1-4H2. The van der Waals surface area contributed by atoms with Crippen LogP contribution in [0, 0.1) is 0 Å². The van der Waals surface area contributed by atoms with Crippen molar-refractivity contribution >= 4 is 0 Å². The summed E-state index contributed by atoms with van der Waals surface area (Å²) in [6, 6.07) is 19.5. The van der Waals surface area contributed by atoms with Crippen molar-refractivity contribution in [2.24, 2.45) is 0 Å². The predicted molar refractivity (Wildman–Crippen MR) is 76.6 cm³/mol. The smallest absolute Gasteiger partial charge is 0.127 e. The monoisotopic (exact) mass is 257 g/mol. The van der Waals surface area contributed by atoms with Crippen LogP contribution in [0.3, 0.4) is 0 Å². The molecule has 0 radical (unpaired) electrons. The molecule has 0 bridgehead atoms. The Morgan fingerprint density at radius 1 is 0.737 bits per heavy atom. The third kappa shape index (κ3) is 5.55. The van der Waals surface area contributed by atoms with Gasteiger partial charge in [0.05, 0.1) is 13.2 Å². The molecular formula is C16H19NO2. The number of para-hydroxylation sites is 2. The molecule has 100 valence electrons. The highest BCUT2D eigenvalue weighted by Crippen LogP contribution is 2.19. The Kier molecular flexibility index (Phi) is 5.93. The average molecular weight is 257 g/mol. The van der Waals surface area contributed by atoms with Crippen LogP contribution < -0.4 is 10.1 Å². The van der Waals surface area contributed by atoms with Gasteiger partial charge in [0, 0.05) is 13.1 Å². The zero-order chi connectivity index (χ0) is 13.2. The van der Waals surface area contributed by atoms with Crippen LogP contribution in [-0.2, 0) is 4.74 Å². The van der Waals surface area contributed by atoms with E-state index in [4.69, 9.17) is 9.47 Å². The van der Waals surface area contributed by atoms with E-state index >= 15 is 0 Å². The van der Waals surface area contributed by atoms with E-state index in [0.717, 1.165) is 37.8 Å². The van der Waals surface area contributed by atoms with Crippen molar-refractivity contribution in [2.75, 3.05) is 26.3 Å². The Hall–Kier alpha value is -1.84. The van der Waals surface area contributed by atoms with Crippen LogP contribution in [0.4, 0.5) is 0 Å². The van der Waals surface area contributed by atoms with Crippen LogP contribution in [0.1, 0.15) is 0 Å². The molecule has 1 aliphatic heterocycles. The summed E-state index contributed by atoms with van der Waals surface area (Å²) >= 11 is 0. The molecule has 0 aliphatic carbocycles. The quantitative estimate of drug-likeness (QED) is 0.896. The van der Waals surface area contributed by atoms with Gasteiger partial charge >= 0.3 is 0 Å². The van der Waals surface area contributed by atoms with Crippen molar-refractivity contribution in [1.29, 1.82) is 0 Å². The van der Waals surface area contributed by atoms with Crippen LogP contribution in [0.15, 0.2) is 60.7 Å². The van der Waals surface area contributed by atoms with Crippen molar-refractivity contribution in [1.82, 2.24) is 5.32 Å². The molecule has 1 heterocycles. The zero-order valence-corrected chi connectivity index (χ0v) is 10.9. The average Bonchev–Trinajstić information content (AvgIpc) is 2.52. The highest BCUT2D eigenvalue weighted by molar-refractivity contribution is 5.30. The number of hydrogen-bond donors (Lipinski definition) is 1. The molecule has 2 aromatic rings. The summed E-state index contributed by atoms with van der Waals surface area (Å²) in [7, 11) is 0. The minimum absolute atomic E-state index is 0.869. The molecule has 0 amide bonds. The number of hydrogen-bond acceptors (Lipinski definition) is 3. The maximum absolute atomic E-state index is 5.58. The molecule has 0 saturated carbocycles. The molecule has 3 heteroatoms.